The molecule has 2 aromatic heterocycles. The molecule has 5 rings (SSSR count). The molecule has 3 heterocycles. The maximum Gasteiger partial charge on any atom is 0.251 e. The third kappa shape index (κ3) is 4.53. The van der Waals surface area contributed by atoms with Gasteiger partial charge in [-0.2, -0.15) is 5.10 Å². The summed E-state index contributed by atoms with van der Waals surface area (Å²) in [5, 5.41) is 12.6. The molecule has 1 aliphatic carbocycles. The second kappa shape index (κ2) is 10.1. The molecule has 7 nitrogen and oxygen atoms in total. The van der Waals surface area contributed by atoms with Crippen LogP contribution in [-0.4, -0.2) is 39.9 Å². The molecule has 0 saturated carbocycles. The summed E-state index contributed by atoms with van der Waals surface area (Å²) in [4.78, 5) is 18.1. The van der Waals surface area contributed by atoms with Crippen molar-refractivity contribution in [1.29, 1.82) is 0 Å². The van der Waals surface area contributed by atoms with E-state index in [9.17, 15) is 4.79 Å². The van der Waals surface area contributed by atoms with Gasteiger partial charge in [0.1, 0.15) is 0 Å². The fourth-order valence-electron chi connectivity index (χ4n) is 5.25. The topological polar surface area (TPSA) is 81.1 Å². The molecule has 2 aliphatic rings. The number of ether oxygens (including phenoxy) is 1. The van der Waals surface area contributed by atoms with E-state index in [1.54, 1.807) is 0 Å². The number of aromatic nitrogens is 3. The molecule has 1 amide bonds. The molecule has 0 spiro atoms. The third-order valence-electron chi connectivity index (χ3n) is 7.21. The van der Waals surface area contributed by atoms with Gasteiger partial charge >= 0.3 is 0 Å². The van der Waals surface area contributed by atoms with Crippen molar-refractivity contribution in [1.82, 2.24) is 20.1 Å². The van der Waals surface area contributed by atoms with Gasteiger partial charge in [0.2, 0.25) is 0 Å². The van der Waals surface area contributed by atoms with Gasteiger partial charge in [-0.05, 0) is 75.1 Å². The summed E-state index contributed by atoms with van der Waals surface area (Å²) in [7, 11) is 0. The van der Waals surface area contributed by atoms with E-state index in [2.05, 4.69) is 41.7 Å². The molecule has 1 aromatic carbocycles. The van der Waals surface area contributed by atoms with Crippen LogP contribution in [0.3, 0.4) is 0 Å². The molecule has 1 aliphatic heterocycles. The Bertz CT molecular complexity index is 1180. The molecule has 0 bridgehead atoms. The Morgan fingerprint density at radius 3 is 2.71 bits per heavy atom. The highest BCUT2D eigenvalue weighted by molar-refractivity contribution is 5.95. The molecule has 180 valence electrons. The number of hydrogen-bond donors (Lipinski definition) is 2. The quantitative estimate of drug-likeness (QED) is 0.545. The molecule has 1 fully saturated rings. The SMILES string of the molecule is CCc1nc2c(cnn2CC)c(NC2CCOCC2)c1CNC(=O)c1ccc2c(c1)CCCC2. The van der Waals surface area contributed by atoms with Crippen LogP contribution in [-0.2, 0) is 37.1 Å². The maximum absolute atomic E-state index is 13.1. The molecule has 2 N–H and O–H groups in total. The maximum atomic E-state index is 13.1. The lowest BCUT2D eigenvalue weighted by molar-refractivity contribution is 0.0904. The summed E-state index contributed by atoms with van der Waals surface area (Å²) in [5.41, 5.74) is 7.47. The zero-order valence-corrected chi connectivity index (χ0v) is 20.3. The van der Waals surface area contributed by atoms with Crippen molar-refractivity contribution in [2.24, 2.45) is 0 Å². The van der Waals surface area contributed by atoms with Crippen molar-refractivity contribution in [2.75, 3.05) is 18.5 Å². The zero-order chi connectivity index (χ0) is 23.5. The Morgan fingerprint density at radius 1 is 1.15 bits per heavy atom. The van der Waals surface area contributed by atoms with E-state index in [1.807, 2.05) is 16.9 Å². The molecular weight excluding hydrogens is 426 g/mol. The Kier molecular flexibility index (Phi) is 6.81. The summed E-state index contributed by atoms with van der Waals surface area (Å²) in [6.07, 6.45) is 9.26. The number of nitrogens with one attached hydrogen (secondary N) is 2. The van der Waals surface area contributed by atoms with Crippen LogP contribution in [0.15, 0.2) is 24.4 Å². The number of carbonyl (C=O) groups excluding carboxylic acids is 1. The fraction of sp³-hybridized carbons (Fsp3) is 0.519. The third-order valence-corrected chi connectivity index (χ3v) is 7.21. The first-order valence-electron chi connectivity index (χ1n) is 12.8. The summed E-state index contributed by atoms with van der Waals surface area (Å²) in [6.45, 7) is 6.94. The van der Waals surface area contributed by atoms with Crippen LogP contribution < -0.4 is 10.6 Å². The van der Waals surface area contributed by atoms with Gasteiger partial charge in [0.15, 0.2) is 5.65 Å². The van der Waals surface area contributed by atoms with Crippen LogP contribution >= 0.6 is 0 Å². The van der Waals surface area contributed by atoms with Gasteiger partial charge in [-0.15, -0.1) is 0 Å². The van der Waals surface area contributed by atoms with Gasteiger partial charge in [-0.25, -0.2) is 9.67 Å². The minimum atomic E-state index is -0.0307. The van der Waals surface area contributed by atoms with E-state index >= 15 is 0 Å². The van der Waals surface area contributed by atoms with Crippen molar-refractivity contribution < 1.29 is 9.53 Å². The van der Waals surface area contributed by atoms with Gasteiger partial charge in [0.05, 0.1) is 17.3 Å². The standard InChI is InChI=1S/C27H35N5O2/c1-3-24-22(16-28-27(33)20-10-9-18-7-5-6-8-19(18)15-20)25(30-21-11-13-34-14-12-21)23-17-29-32(4-2)26(23)31-24/h9-10,15,17,21H,3-8,11-14,16H2,1-2H3,(H,28,33)(H,30,31). The lowest BCUT2D eigenvalue weighted by Gasteiger charge is -2.26. The second-order valence-corrected chi connectivity index (χ2v) is 9.37. The molecule has 7 heteroatoms. The molecule has 1 saturated heterocycles. The normalized spacial score (nSPS) is 16.4. The van der Waals surface area contributed by atoms with Crippen LogP contribution in [0.25, 0.3) is 11.0 Å². The second-order valence-electron chi connectivity index (χ2n) is 9.37. The first-order valence-corrected chi connectivity index (χ1v) is 12.8. The molecular formula is C27H35N5O2. The minimum absolute atomic E-state index is 0.0307. The van der Waals surface area contributed by atoms with E-state index in [0.717, 1.165) is 85.4 Å². The summed E-state index contributed by atoms with van der Waals surface area (Å²) in [6, 6.07) is 6.52. The van der Waals surface area contributed by atoms with Crippen LogP contribution in [0, 0.1) is 0 Å². The monoisotopic (exact) mass is 461 g/mol. The number of amides is 1. The Morgan fingerprint density at radius 2 is 1.94 bits per heavy atom. The number of aryl methyl sites for hydroxylation is 4. The minimum Gasteiger partial charge on any atom is -0.381 e. The fourth-order valence-corrected chi connectivity index (χ4v) is 5.25. The molecule has 0 unspecified atom stereocenters. The van der Waals surface area contributed by atoms with Gasteiger partial charge in [-0.1, -0.05) is 13.0 Å². The van der Waals surface area contributed by atoms with Crippen molar-refractivity contribution in [3.05, 3.63) is 52.3 Å². The molecule has 34 heavy (non-hydrogen) atoms. The average Bonchev–Trinajstić information content (AvgIpc) is 3.30. The number of hydrogen-bond acceptors (Lipinski definition) is 5. The Hall–Kier alpha value is -2.93. The summed E-state index contributed by atoms with van der Waals surface area (Å²) < 4.78 is 7.51. The van der Waals surface area contributed by atoms with Gasteiger partial charge in [-0.3, -0.25) is 4.79 Å². The lowest BCUT2D eigenvalue weighted by atomic mass is 9.90. The lowest BCUT2D eigenvalue weighted by Crippen LogP contribution is -2.30. The highest BCUT2D eigenvalue weighted by Crippen LogP contribution is 2.31. The summed E-state index contributed by atoms with van der Waals surface area (Å²) in [5.74, 6) is -0.0307. The predicted molar refractivity (Wildman–Crippen MR) is 134 cm³/mol. The number of rotatable bonds is 7. The van der Waals surface area contributed by atoms with E-state index in [1.165, 1.54) is 24.0 Å². The largest absolute Gasteiger partial charge is 0.381 e. The molecule has 0 atom stereocenters. The molecule has 3 aromatic rings. The van der Waals surface area contributed by atoms with Crippen LogP contribution in [0.1, 0.15) is 72.3 Å². The smallest absolute Gasteiger partial charge is 0.251 e. The van der Waals surface area contributed by atoms with Gasteiger partial charge in [0, 0.05) is 49.2 Å². The number of carbonyl (C=O) groups is 1. The van der Waals surface area contributed by atoms with Crippen LogP contribution in [0.5, 0.6) is 0 Å². The van der Waals surface area contributed by atoms with Crippen molar-refractivity contribution >= 4 is 22.6 Å². The zero-order valence-electron chi connectivity index (χ0n) is 20.3. The number of benzene rings is 1. The van der Waals surface area contributed by atoms with E-state index in [4.69, 9.17) is 9.72 Å². The van der Waals surface area contributed by atoms with E-state index < -0.39 is 0 Å². The van der Waals surface area contributed by atoms with Crippen molar-refractivity contribution in [2.45, 2.75) is 77.9 Å². The van der Waals surface area contributed by atoms with E-state index in [-0.39, 0.29) is 5.91 Å². The van der Waals surface area contributed by atoms with Crippen molar-refractivity contribution in [3.63, 3.8) is 0 Å². The molecule has 0 radical (unpaired) electrons. The Labute approximate surface area is 201 Å². The number of fused-ring (bicyclic) bond motifs is 2. The first-order chi connectivity index (χ1) is 16.7. The number of anilines is 1. The first kappa shape index (κ1) is 22.8. The number of pyridine rings is 1. The van der Waals surface area contributed by atoms with Crippen LogP contribution in [0.4, 0.5) is 5.69 Å². The van der Waals surface area contributed by atoms with Gasteiger partial charge in [0.25, 0.3) is 5.91 Å². The van der Waals surface area contributed by atoms with Gasteiger partial charge < -0.3 is 15.4 Å². The highest BCUT2D eigenvalue weighted by atomic mass is 16.5. The van der Waals surface area contributed by atoms with E-state index in [0.29, 0.717) is 12.6 Å². The predicted octanol–water partition coefficient (Wildman–Crippen LogP) is 4.41. The Balaban J connectivity index is 1.45. The van der Waals surface area contributed by atoms with Crippen molar-refractivity contribution in [3.8, 4) is 0 Å². The average molecular weight is 462 g/mol. The number of nitrogens with zero attached hydrogens (tertiary/aromatic N) is 3. The van der Waals surface area contributed by atoms with Crippen LogP contribution in [0.2, 0.25) is 0 Å². The highest BCUT2D eigenvalue weighted by Gasteiger charge is 2.22. The summed E-state index contributed by atoms with van der Waals surface area (Å²) >= 11 is 0.